The van der Waals surface area contributed by atoms with Crippen LogP contribution in [0, 0.1) is 5.92 Å². The van der Waals surface area contributed by atoms with Crippen LogP contribution in [0.5, 0.6) is 11.5 Å². The molecule has 0 bridgehead atoms. The first-order valence-corrected chi connectivity index (χ1v) is 7.82. The number of piperidine rings is 1. The van der Waals surface area contributed by atoms with Gasteiger partial charge in [-0.3, -0.25) is 4.90 Å². The van der Waals surface area contributed by atoms with Crippen molar-refractivity contribution in [1.29, 1.82) is 0 Å². The SMILES string of the molecule is CCC1CN(Cc2ccc(OC)c(OC)c2)CCC1NC. The Morgan fingerprint density at radius 3 is 2.62 bits per heavy atom. The van der Waals surface area contributed by atoms with E-state index in [4.69, 9.17) is 9.47 Å². The first kappa shape index (κ1) is 16.1. The maximum atomic E-state index is 5.39. The van der Waals surface area contributed by atoms with E-state index in [9.17, 15) is 0 Å². The third-order valence-electron chi connectivity index (χ3n) is 4.57. The summed E-state index contributed by atoms with van der Waals surface area (Å²) in [6, 6.07) is 6.87. The Bertz CT molecular complexity index is 450. The van der Waals surface area contributed by atoms with Crippen LogP contribution in [-0.4, -0.2) is 45.3 Å². The summed E-state index contributed by atoms with van der Waals surface area (Å²) in [5.41, 5.74) is 1.28. The maximum absolute atomic E-state index is 5.39. The average Bonchev–Trinajstić information content (AvgIpc) is 2.54. The summed E-state index contributed by atoms with van der Waals surface area (Å²) in [7, 11) is 5.44. The zero-order valence-corrected chi connectivity index (χ0v) is 13.7. The quantitative estimate of drug-likeness (QED) is 0.873. The Morgan fingerprint density at radius 2 is 2.00 bits per heavy atom. The summed E-state index contributed by atoms with van der Waals surface area (Å²) in [6.07, 6.45) is 2.45. The number of rotatable bonds is 6. The van der Waals surface area contributed by atoms with Crippen LogP contribution in [0.15, 0.2) is 18.2 Å². The first-order chi connectivity index (χ1) is 10.2. The number of hydrogen-bond acceptors (Lipinski definition) is 4. The topological polar surface area (TPSA) is 33.7 Å². The van der Waals surface area contributed by atoms with Crippen molar-refractivity contribution < 1.29 is 9.47 Å². The molecule has 1 aliphatic heterocycles. The fourth-order valence-corrected chi connectivity index (χ4v) is 3.28. The normalized spacial score (nSPS) is 23.0. The Hall–Kier alpha value is -1.26. The van der Waals surface area contributed by atoms with E-state index < -0.39 is 0 Å². The van der Waals surface area contributed by atoms with Gasteiger partial charge in [-0.25, -0.2) is 0 Å². The van der Waals surface area contributed by atoms with E-state index in [1.807, 2.05) is 6.07 Å². The molecule has 21 heavy (non-hydrogen) atoms. The van der Waals surface area contributed by atoms with Gasteiger partial charge in [-0.15, -0.1) is 0 Å². The van der Waals surface area contributed by atoms with E-state index in [1.165, 1.54) is 18.4 Å². The minimum absolute atomic E-state index is 0.664. The molecule has 4 heteroatoms. The highest BCUT2D eigenvalue weighted by molar-refractivity contribution is 5.42. The Labute approximate surface area is 128 Å². The second-order valence-electron chi connectivity index (χ2n) is 5.78. The molecule has 1 aliphatic rings. The summed E-state index contributed by atoms with van der Waals surface area (Å²) < 4.78 is 10.7. The van der Waals surface area contributed by atoms with Gasteiger partial charge in [0.1, 0.15) is 0 Å². The summed E-state index contributed by atoms with van der Waals surface area (Å²) >= 11 is 0. The highest BCUT2D eigenvalue weighted by Crippen LogP contribution is 2.29. The van der Waals surface area contributed by atoms with E-state index in [0.29, 0.717) is 6.04 Å². The van der Waals surface area contributed by atoms with Gasteiger partial charge in [0.2, 0.25) is 0 Å². The molecule has 2 atom stereocenters. The van der Waals surface area contributed by atoms with Crippen LogP contribution in [0.1, 0.15) is 25.3 Å². The standard InChI is InChI=1S/C17H28N2O2/c1-5-14-12-19(9-8-15(14)18-2)11-13-6-7-16(20-3)17(10-13)21-4/h6-7,10,14-15,18H,5,8-9,11-12H2,1-4H3. The predicted molar refractivity (Wildman–Crippen MR) is 86.1 cm³/mol. The minimum Gasteiger partial charge on any atom is -0.493 e. The van der Waals surface area contributed by atoms with Crippen LogP contribution in [-0.2, 0) is 6.54 Å². The summed E-state index contributed by atoms with van der Waals surface area (Å²) in [4.78, 5) is 2.54. The molecule has 0 spiro atoms. The molecule has 2 rings (SSSR count). The van der Waals surface area contributed by atoms with Gasteiger partial charge in [-0.05, 0) is 43.6 Å². The fraction of sp³-hybridized carbons (Fsp3) is 0.647. The van der Waals surface area contributed by atoms with Gasteiger partial charge < -0.3 is 14.8 Å². The third-order valence-corrected chi connectivity index (χ3v) is 4.57. The molecule has 1 fully saturated rings. The van der Waals surface area contributed by atoms with Crippen LogP contribution in [0.2, 0.25) is 0 Å². The van der Waals surface area contributed by atoms with E-state index >= 15 is 0 Å². The lowest BCUT2D eigenvalue weighted by Gasteiger charge is -2.38. The molecule has 1 N–H and O–H groups in total. The van der Waals surface area contributed by atoms with Gasteiger partial charge >= 0.3 is 0 Å². The molecule has 1 heterocycles. The second-order valence-corrected chi connectivity index (χ2v) is 5.78. The van der Waals surface area contributed by atoms with E-state index in [1.54, 1.807) is 14.2 Å². The highest BCUT2D eigenvalue weighted by atomic mass is 16.5. The number of ether oxygens (including phenoxy) is 2. The zero-order valence-electron chi connectivity index (χ0n) is 13.7. The molecule has 1 saturated heterocycles. The van der Waals surface area contributed by atoms with Crippen molar-refractivity contribution in [1.82, 2.24) is 10.2 Å². The number of nitrogens with zero attached hydrogens (tertiary/aromatic N) is 1. The fourth-order valence-electron chi connectivity index (χ4n) is 3.28. The molecule has 1 aromatic rings. The average molecular weight is 292 g/mol. The van der Waals surface area contributed by atoms with Gasteiger partial charge in [0.05, 0.1) is 14.2 Å². The Morgan fingerprint density at radius 1 is 1.24 bits per heavy atom. The number of benzene rings is 1. The number of hydrogen-bond donors (Lipinski definition) is 1. The lowest BCUT2D eigenvalue weighted by Crippen LogP contribution is -2.47. The molecule has 0 saturated carbocycles. The van der Waals surface area contributed by atoms with Crippen LogP contribution < -0.4 is 14.8 Å². The number of nitrogens with one attached hydrogen (secondary N) is 1. The van der Waals surface area contributed by atoms with Crippen LogP contribution in [0.4, 0.5) is 0 Å². The van der Waals surface area contributed by atoms with Gasteiger partial charge in [0, 0.05) is 19.1 Å². The van der Waals surface area contributed by atoms with E-state index in [2.05, 4.69) is 36.3 Å². The van der Waals surface area contributed by atoms with Gasteiger partial charge in [-0.1, -0.05) is 19.4 Å². The first-order valence-electron chi connectivity index (χ1n) is 7.82. The predicted octanol–water partition coefficient (Wildman–Crippen LogP) is 2.52. The van der Waals surface area contributed by atoms with Crippen molar-refractivity contribution in [2.24, 2.45) is 5.92 Å². The molecule has 0 aliphatic carbocycles. The molecule has 118 valence electrons. The lowest BCUT2D eigenvalue weighted by molar-refractivity contribution is 0.132. The summed E-state index contributed by atoms with van der Waals surface area (Å²) in [6.45, 7) is 5.58. The molecular weight excluding hydrogens is 264 g/mol. The molecule has 1 aromatic carbocycles. The van der Waals surface area contributed by atoms with Gasteiger partial charge in [-0.2, -0.15) is 0 Å². The molecule has 2 unspecified atom stereocenters. The van der Waals surface area contributed by atoms with Crippen molar-refractivity contribution in [3.8, 4) is 11.5 Å². The van der Waals surface area contributed by atoms with Gasteiger partial charge in [0.25, 0.3) is 0 Å². The second kappa shape index (κ2) is 7.66. The molecular formula is C17H28N2O2. The largest absolute Gasteiger partial charge is 0.493 e. The third kappa shape index (κ3) is 3.89. The van der Waals surface area contributed by atoms with Crippen LogP contribution in [0.25, 0.3) is 0 Å². The minimum atomic E-state index is 0.664. The highest BCUT2D eigenvalue weighted by Gasteiger charge is 2.26. The summed E-state index contributed by atoms with van der Waals surface area (Å²) in [5.74, 6) is 2.35. The molecule has 4 nitrogen and oxygen atoms in total. The molecule has 0 aromatic heterocycles. The number of methoxy groups -OCH3 is 2. The van der Waals surface area contributed by atoms with Crippen molar-refractivity contribution in [3.05, 3.63) is 23.8 Å². The number of likely N-dealkylation sites (tertiary alicyclic amines) is 1. The van der Waals surface area contributed by atoms with Crippen molar-refractivity contribution in [2.75, 3.05) is 34.4 Å². The monoisotopic (exact) mass is 292 g/mol. The Balaban J connectivity index is 2.02. The van der Waals surface area contributed by atoms with E-state index in [-0.39, 0.29) is 0 Å². The lowest BCUT2D eigenvalue weighted by atomic mass is 9.90. The van der Waals surface area contributed by atoms with Crippen molar-refractivity contribution in [2.45, 2.75) is 32.4 Å². The van der Waals surface area contributed by atoms with Crippen molar-refractivity contribution >= 4 is 0 Å². The molecule has 0 amide bonds. The van der Waals surface area contributed by atoms with Crippen LogP contribution in [0.3, 0.4) is 0 Å². The smallest absolute Gasteiger partial charge is 0.161 e. The molecule has 0 radical (unpaired) electrons. The summed E-state index contributed by atoms with van der Waals surface area (Å²) in [5, 5.41) is 3.46. The maximum Gasteiger partial charge on any atom is 0.161 e. The van der Waals surface area contributed by atoms with Crippen molar-refractivity contribution in [3.63, 3.8) is 0 Å². The zero-order chi connectivity index (χ0) is 15.2. The van der Waals surface area contributed by atoms with Crippen LogP contribution >= 0.6 is 0 Å². The van der Waals surface area contributed by atoms with E-state index in [0.717, 1.165) is 37.1 Å². The Kier molecular flexibility index (Phi) is 5.88. The van der Waals surface area contributed by atoms with Gasteiger partial charge in [0.15, 0.2) is 11.5 Å².